The number of rotatable bonds is 9. The van der Waals surface area contributed by atoms with Crippen molar-refractivity contribution in [1.29, 1.82) is 0 Å². The van der Waals surface area contributed by atoms with Crippen LogP contribution in [0.5, 0.6) is 5.75 Å². The Hall–Kier alpha value is -2.80. The zero-order valence-electron chi connectivity index (χ0n) is 15.9. The van der Waals surface area contributed by atoms with Gasteiger partial charge in [0.1, 0.15) is 5.75 Å². The van der Waals surface area contributed by atoms with Gasteiger partial charge in [0.2, 0.25) is 0 Å². The number of methoxy groups -OCH3 is 1. The number of ether oxygens (including phenoxy) is 1. The Balaban J connectivity index is 1.73. The highest BCUT2D eigenvalue weighted by Crippen LogP contribution is 2.26. The van der Waals surface area contributed by atoms with E-state index in [4.69, 9.17) is 4.74 Å². The van der Waals surface area contributed by atoms with Gasteiger partial charge >= 0.3 is 5.69 Å². The molecule has 0 aliphatic rings. The van der Waals surface area contributed by atoms with Crippen molar-refractivity contribution in [2.45, 2.75) is 36.7 Å². The molecule has 0 amide bonds. The molecule has 7 heteroatoms. The molecule has 0 fully saturated rings. The highest BCUT2D eigenvalue weighted by molar-refractivity contribution is 8.00. The second-order valence-corrected chi connectivity index (χ2v) is 7.48. The molecule has 0 radical (unpaired) electrons. The van der Waals surface area contributed by atoms with E-state index < -0.39 is 0 Å². The summed E-state index contributed by atoms with van der Waals surface area (Å²) in [6, 6.07) is 17.0. The van der Waals surface area contributed by atoms with Gasteiger partial charge in [-0.1, -0.05) is 49.0 Å². The fraction of sp³-hybridized carbons (Fsp3) is 0.286. The topological polar surface area (TPSA) is 77.0 Å². The van der Waals surface area contributed by atoms with E-state index in [2.05, 4.69) is 10.2 Å². The molecular formula is C21H23N3O3S. The Bertz CT molecular complexity index is 965. The fourth-order valence-electron chi connectivity index (χ4n) is 2.87. The monoisotopic (exact) mass is 397 g/mol. The zero-order chi connectivity index (χ0) is 19.9. The molecule has 1 unspecified atom stereocenters. The van der Waals surface area contributed by atoms with Crippen LogP contribution in [0.4, 0.5) is 0 Å². The normalized spacial score (nSPS) is 11.9. The Labute approximate surface area is 167 Å². The van der Waals surface area contributed by atoms with Crippen LogP contribution in [0.3, 0.4) is 0 Å². The maximum atomic E-state index is 12.9. The van der Waals surface area contributed by atoms with Crippen LogP contribution in [-0.2, 0) is 13.0 Å². The van der Waals surface area contributed by atoms with E-state index in [9.17, 15) is 9.59 Å². The number of ketones is 1. The summed E-state index contributed by atoms with van der Waals surface area (Å²) in [5.41, 5.74) is 1.51. The van der Waals surface area contributed by atoms with E-state index >= 15 is 0 Å². The molecule has 1 heterocycles. The largest absolute Gasteiger partial charge is 0.497 e. The van der Waals surface area contributed by atoms with Crippen molar-refractivity contribution in [3.8, 4) is 5.75 Å². The molecule has 1 atom stereocenters. The molecule has 6 nitrogen and oxygen atoms in total. The molecule has 2 aromatic carbocycles. The van der Waals surface area contributed by atoms with Crippen LogP contribution in [-0.4, -0.2) is 32.9 Å². The van der Waals surface area contributed by atoms with Gasteiger partial charge in [-0.15, -0.1) is 5.10 Å². The number of Topliss-reactive ketones (excluding diaryl/α,β-unsaturated/α-hetero) is 1. The Morgan fingerprint density at radius 2 is 1.89 bits per heavy atom. The van der Waals surface area contributed by atoms with Gasteiger partial charge in [-0.2, -0.15) is 0 Å². The zero-order valence-corrected chi connectivity index (χ0v) is 16.7. The number of hydrogen-bond donors (Lipinski definition) is 1. The number of hydrogen-bond acceptors (Lipinski definition) is 5. The summed E-state index contributed by atoms with van der Waals surface area (Å²) in [5.74, 6) is 0.722. The van der Waals surface area contributed by atoms with E-state index in [1.54, 1.807) is 35.9 Å². The number of nitrogens with zero attached hydrogens (tertiary/aromatic N) is 2. The number of H-pyrrole nitrogens is 1. The first kappa shape index (κ1) is 19.9. The van der Waals surface area contributed by atoms with Crippen LogP contribution in [0.25, 0.3) is 0 Å². The van der Waals surface area contributed by atoms with Gasteiger partial charge in [0.15, 0.2) is 10.9 Å². The molecule has 3 aromatic rings. The highest BCUT2D eigenvalue weighted by atomic mass is 32.2. The van der Waals surface area contributed by atoms with Crippen molar-refractivity contribution in [1.82, 2.24) is 14.8 Å². The number of carbonyl (C=O) groups excluding carboxylic acids is 1. The van der Waals surface area contributed by atoms with Crippen molar-refractivity contribution >= 4 is 17.5 Å². The minimum atomic E-state index is -0.320. The van der Waals surface area contributed by atoms with Gasteiger partial charge in [0, 0.05) is 12.1 Å². The minimum absolute atomic E-state index is 0.0141. The maximum absolute atomic E-state index is 12.9. The molecular weight excluding hydrogens is 374 g/mol. The molecule has 1 N–H and O–H groups in total. The number of aryl methyl sites for hydroxylation is 1. The molecule has 3 rings (SSSR count). The average Bonchev–Trinajstić information content (AvgIpc) is 3.10. The van der Waals surface area contributed by atoms with Gasteiger partial charge in [0.05, 0.1) is 12.4 Å². The van der Waals surface area contributed by atoms with Crippen LogP contribution < -0.4 is 10.4 Å². The first-order valence-electron chi connectivity index (χ1n) is 9.16. The molecule has 0 saturated heterocycles. The van der Waals surface area contributed by atoms with Crippen LogP contribution in [0, 0.1) is 0 Å². The summed E-state index contributed by atoms with van der Waals surface area (Å²) >= 11 is 1.32. The van der Waals surface area contributed by atoms with Crippen molar-refractivity contribution < 1.29 is 9.53 Å². The van der Waals surface area contributed by atoms with Crippen LogP contribution >= 0.6 is 11.8 Å². The van der Waals surface area contributed by atoms with Gasteiger partial charge in [-0.05, 0) is 42.7 Å². The lowest BCUT2D eigenvalue weighted by Gasteiger charge is -2.14. The highest BCUT2D eigenvalue weighted by Gasteiger charge is 2.23. The lowest BCUT2D eigenvalue weighted by Crippen LogP contribution is -2.21. The van der Waals surface area contributed by atoms with E-state index in [1.165, 1.54) is 11.8 Å². The predicted molar refractivity (Wildman–Crippen MR) is 110 cm³/mol. The summed E-state index contributed by atoms with van der Waals surface area (Å²) in [6.07, 6.45) is 1.35. The SMILES string of the molecule is CCC(Sc1n[nH]c(=O)n1CCc1ccccc1)C(=O)c1ccc(OC)cc1. The van der Waals surface area contributed by atoms with Gasteiger partial charge in [0.25, 0.3) is 0 Å². The Morgan fingerprint density at radius 3 is 2.54 bits per heavy atom. The van der Waals surface area contributed by atoms with Crippen LogP contribution in [0.1, 0.15) is 29.3 Å². The first-order valence-corrected chi connectivity index (χ1v) is 10.0. The third-order valence-corrected chi connectivity index (χ3v) is 5.83. The number of carbonyl (C=O) groups is 1. The number of thioether (sulfide) groups is 1. The van der Waals surface area contributed by atoms with E-state index in [0.29, 0.717) is 29.4 Å². The van der Waals surface area contributed by atoms with Gasteiger partial charge in [-0.25, -0.2) is 9.89 Å². The minimum Gasteiger partial charge on any atom is -0.497 e. The first-order chi connectivity index (χ1) is 13.6. The van der Waals surface area contributed by atoms with E-state index in [1.807, 2.05) is 37.3 Å². The smallest absolute Gasteiger partial charge is 0.343 e. The summed E-state index contributed by atoms with van der Waals surface area (Å²) in [4.78, 5) is 25.1. The van der Waals surface area contributed by atoms with Gasteiger partial charge < -0.3 is 4.74 Å². The van der Waals surface area contributed by atoms with Gasteiger partial charge in [-0.3, -0.25) is 9.36 Å². The Morgan fingerprint density at radius 1 is 1.18 bits per heavy atom. The second kappa shape index (κ2) is 9.41. The summed E-state index contributed by atoms with van der Waals surface area (Å²) in [5, 5.41) is 6.86. The van der Waals surface area contributed by atoms with Crippen LogP contribution in [0.15, 0.2) is 64.5 Å². The van der Waals surface area contributed by atoms with E-state index in [0.717, 1.165) is 12.0 Å². The predicted octanol–water partition coefficient (Wildman–Crippen LogP) is 3.58. The van der Waals surface area contributed by atoms with E-state index in [-0.39, 0.29) is 16.7 Å². The molecule has 0 bridgehead atoms. The summed E-state index contributed by atoms with van der Waals surface area (Å²) < 4.78 is 6.74. The number of benzene rings is 2. The lowest BCUT2D eigenvalue weighted by molar-refractivity contribution is 0.0988. The molecule has 0 spiro atoms. The molecule has 0 aliphatic carbocycles. The molecule has 28 heavy (non-hydrogen) atoms. The number of nitrogens with one attached hydrogen (secondary N) is 1. The lowest BCUT2D eigenvalue weighted by atomic mass is 10.1. The molecule has 0 saturated carbocycles. The average molecular weight is 398 g/mol. The quantitative estimate of drug-likeness (QED) is 0.441. The summed E-state index contributed by atoms with van der Waals surface area (Å²) in [6.45, 7) is 2.47. The summed E-state index contributed by atoms with van der Waals surface area (Å²) in [7, 11) is 1.59. The maximum Gasteiger partial charge on any atom is 0.343 e. The molecule has 1 aromatic heterocycles. The van der Waals surface area contributed by atoms with Crippen molar-refractivity contribution in [2.75, 3.05) is 7.11 Å². The fourth-order valence-corrected chi connectivity index (χ4v) is 3.93. The third kappa shape index (κ3) is 4.72. The van der Waals surface area contributed by atoms with Crippen LogP contribution in [0.2, 0.25) is 0 Å². The van der Waals surface area contributed by atoms with Crippen molar-refractivity contribution in [3.63, 3.8) is 0 Å². The van der Waals surface area contributed by atoms with Crippen molar-refractivity contribution in [2.24, 2.45) is 0 Å². The van der Waals surface area contributed by atoms with Crippen molar-refractivity contribution in [3.05, 3.63) is 76.2 Å². The molecule has 146 valence electrons. The third-order valence-electron chi connectivity index (χ3n) is 4.48. The number of aromatic nitrogens is 3. The second-order valence-electron chi connectivity index (χ2n) is 6.31. The Kier molecular flexibility index (Phi) is 6.71. The number of aromatic amines is 1. The standard InChI is InChI=1S/C21H23N3O3S/c1-3-18(19(25)16-9-11-17(27-2)12-10-16)28-21-23-22-20(26)24(21)14-13-15-7-5-4-6-8-15/h4-12,18H,3,13-14H2,1-2H3,(H,22,26). The molecule has 0 aliphatic heterocycles.